The number of hydrogen-bond donors (Lipinski definition) is 0. The molecule has 0 aromatic heterocycles. The van der Waals surface area contributed by atoms with Crippen molar-refractivity contribution < 1.29 is 27.1 Å². The molecular weight excluding hydrogens is 363 g/mol. The van der Waals surface area contributed by atoms with Crippen LogP contribution in [-0.2, 0) is 24.3 Å². The van der Waals surface area contributed by atoms with Crippen molar-refractivity contribution >= 4 is 15.9 Å². The number of carbonyl (C=O) groups excluding carboxylic acids is 1. The van der Waals surface area contributed by atoms with E-state index in [-0.39, 0.29) is 23.8 Å². The van der Waals surface area contributed by atoms with Gasteiger partial charge in [-0.15, -0.1) is 0 Å². The molecule has 0 atom stereocenters. The summed E-state index contributed by atoms with van der Waals surface area (Å²) in [5.41, 5.74) is 0. The van der Waals surface area contributed by atoms with Crippen molar-refractivity contribution in [1.82, 2.24) is 9.21 Å². The predicted octanol–water partition coefficient (Wildman–Crippen LogP) is 1.35. The van der Waals surface area contributed by atoms with Gasteiger partial charge in [-0.2, -0.15) is 0 Å². The van der Waals surface area contributed by atoms with E-state index < -0.39 is 15.8 Å². The molecule has 0 aliphatic heterocycles. The SMILES string of the molecule is COCCN(CCOC)C(=O)CCCN(C)S(=O)(=O)c1ccc(F)cc1. The molecule has 148 valence electrons. The van der Waals surface area contributed by atoms with Crippen LogP contribution in [0.2, 0.25) is 0 Å². The third kappa shape index (κ3) is 6.99. The lowest BCUT2D eigenvalue weighted by Gasteiger charge is -2.23. The van der Waals surface area contributed by atoms with Crippen molar-refractivity contribution in [1.29, 1.82) is 0 Å². The predicted molar refractivity (Wildman–Crippen MR) is 95.8 cm³/mol. The number of amides is 1. The van der Waals surface area contributed by atoms with Gasteiger partial charge in [-0.05, 0) is 30.7 Å². The Balaban J connectivity index is 2.56. The number of halogens is 1. The second-order valence-corrected chi connectivity index (χ2v) is 7.80. The Bertz CT molecular complexity index is 644. The number of nitrogens with zero attached hydrogens (tertiary/aromatic N) is 2. The molecule has 0 aliphatic carbocycles. The van der Waals surface area contributed by atoms with Gasteiger partial charge < -0.3 is 14.4 Å². The van der Waals surface area contributed by atoms with Crippen LogP contribution in [0.25, 0.3) is 0 Å². The zero-order valence-electron chi connectivity index (χ0n) is 15.5. The van der Waals surface area contributed by atoms with Crippen molar-refractivity contribution in [2.75, 3.05) is 54.1 Å². The van der Waals surface area contributed by atoms with Crippen LogP contribution in [0.15, 0.2) is 29.2 Å². The van der Waals surface area contributed by atoms with Gasteiger partial charge in [0.2, 0.25) is 15.9 Å². The van der Waals surface area contributed by atoms with E-state index in [0.717, 1.165) is 12.1 Å². The lowest BCUT2D eigenvalue weighted by molar-refractivity contribution is -0.132. The van der Waals surface area contributed by atoms with Crippen LogP contribution >= 0.6 is 0 Å². The first-order chi connectivity index (χ1) is 12.3. The molecule has 0 fully saturated rings. The molecule has 0 heterocycles. The van der Waals surface area contributed by atoms with E-state index in [0.29, 0.717) is 32.7 Å². The van der Waals surface area contributed by atoms with Gasteiger partial charge in [-0.1, -0.05) is 0 Å². The number of carbonyl (C=O) groups is 1. The van der Waals surface area contributed by atoms with Gasteiger partial charge in [0.05, 0.1) is 18.1 Å². The molecule has 1 aromatic rings. The minimum Gasteiger partial charge on any atom is -0.383 e. The lowest BCUT2D eigenvalue weighted by atomic mass is 10.2. The van der Waals surface area contributed by atoms with Crippen molar-refractivity contribution in [3.8, 4) is 0 Å². The quantitative estimate of drug-likeness (QED) is 0.538. The summed E-state index contributed by atoms with van der Waals surface area (Å²) in [6.07, 6.45) is 0.600. The molecule has 9 heteroatoms. The number of benzene rings is 1. The lowest BCUT2D eigenvalue weighted by Crippen LogP contribution is -2.37. The van der Waals surface area contributed by atoms with E-state index >= 15 is 0 Å². The molecule has 1 amide bonds. The maximum atomic E-state index is 13.0. The molecule has 1 aromatic carbocycles. The number of hydrogen-bond acceptors (Lipinski definition) is 5. The third-order valence-electron chi connectivity index (χ3n) is 3.87. The Hall–Kier alpha value is -1.55. The molecule has 0 bridgehead atoms. The number of methoxy groups -OCH3 is 2. The Kier molecular flexibility index (Phi) is 9.71. The summed E-state index contributed by atoms with van der Waals surface area (Å²) in [7, 11) is 0.868. The minimum atomic E-state index is -3.70. The van der Waals surface area contributed by atoms with Gasteiger partial charge in [0.15, 0.2) is 0 Å². The summed E-state index contributed by atoms with van der Waals surface area (Å²) < 4.78 is 48.9. The highest BCUT2D eigenvalue weighted by Gasteiger charge is 2.21. The fourth-order valence-corrected chi connectivity index (χ4v) is 3.49. The van der Waals surface area contributed by atoms with Gasteiger partial charge in [0, 0.05) is 47.3 Å². The Morgan fingerprint density at radius 3 is 2.08 bits per heavy atom. The molecule has 26 heavy (non-hydrogen) atoms. The van der Waals surface area contributed by atoms with Crippen molar-refractivity contribution in [3.05, 3.63) is 30.1 Å². The van der Waals surface area contributed by atoms with Crippen molar-refractivity contribution in [2.24, 2.45) is 0 Å². The van der Waals surface area contributed by atoms with Gasteiger partial charge in [0.1, 0.15) is 5.82 Å². The summed E-state index contributed by atoms with van der Waals surface area (Å²) in [5, 5.41) is 0. The first kappa shape index (κ1) is 22.5. The second kappa shape index (κ2) is 11.2. The van der Waals surface area contributed by atoms with E-state index in [9.17, 15) is 17.6 Å². The smallest absolute Gasteiger partial charge is 0.242 e. The van der Waals surface area contributed by atoms with Crippen LogP contribution in [0, 0.1) is 5.82 Å². The monoisotopic (exact) mass is 390 g/mol. The Morgan fingerprint density at radius 1 is 1.04 bits per heavy atom. The Labute approximate surface area is 154 Å². The van der Waals surface area contributed by atoms with E-state index in [4.69, 9.17) is 9.47 Å². The van der Waals surface area contributed by atoms with Gasteiger partial charge in [0.25, 0.3) is 0 Å². The maximum absolute atomic E-state index is 13.0. The highest BCUT2D eigenvalue weighted by molar-refractivity contribution is 7.89. The molecule has 0 N–H and O–H groups in total. The highest BCUT2D eigenvalue weighted by Crippen LogP contribution is 2.15. The van der Waals surface area contributed by atoms with Crippen molar-refractivity contribution in [2.45, 2.75) is 17.7 Å². The highest BCUT2D eigenvalue weighted by atomic mass is 32.2. The standard InChI is InChI=1S/C17H27FN2O5S/c1-19(26(22,23)16-8-6-15(18)7-9-16)10-4-5-17(21)20(11-13-24-2)12-14-25-3/h6-9H,4-5,10-14H2,1-3H3. The largest absolute Gasteiger partial charge is 0.383 e. The molecule has 7 nitrogen and oxygen atoms in total. The summed E-state index contributed by atoms with van der Waals surface area (Å²) in [5.74, 6) is -0.573. The van der Waals surface area contributed by atoms with Crippen LogP contribution in [0.3, 0.4) is 0 Å². The van der Waals surface area contributed by atoms with Gasteiger partial charge >= 0.3 is 0 Å². The van der Waals surface area contributed by atoms with E-state index in [2.05, 4.69) is 0 Å². The fraction of sp³-hybridized carbons (Fsp3) is 0.588. The zero-order valence-corrected chi connectivity index (χ0v) is 16.3. The maximum Gasteiger partial charge on any atom is 0.242 e. The average Bonchev–Trinajstić information content (AvgIpc) is 2.62. The Morgan fingerprint density at radius 2 is 1.58 bits per heavy atom. The summed E-state index contributed by atoms with van der Waals surface area (Å²) in [6, 6.07) is 4.66. The minimum absolute atomic E-state index is 0.0227. The topological polar surface area (TPSA) is 76.2 Å². The van der Waals surface area contributed by atoms with Crippen LogP contribution in [-0.4, -0.2) is 77.6 Å². The summed E-state index contributed by atoms with van der Waals surface area (Å²) in [6.45, 7) is 1.96. The first-order valence-electron chi connectivity index (χ1n) is 8.30. The molecular formula is C17H27FN2O5S. The summed E-state index contributed by atoms with van der Waals surface area (Å²) in [4.78, 5) is 14.0. The second-order valence-electron chi connectivity index (χ2n) is 5.75. The molecule has 1 rings (SSSR count). The van der Waals surface area contributed by atoms with E-state index in [1.54, 1.807) is 19.1 Å². The normalized spacial score (nSPS) is 11.7. The van der Waals surface area contributed by atoms with Crippen LogP contribution in [0.4, 0.5) is 4.39 Å². The number of ether oxygens (including phenoxy) is 2. The third-order valence-corrected chi connectivity index (χ3v) is 5.74. The van der Waals surface area contributed by atoms with Crippen LogP contribution in [0.5, 0.6) is 0 Å². The summed E-state index contributed by atoms with van der Waals surface area (Å²) >= 11 is 0. The van der Waals surface area contributed by atoms with E-state index in [1.165, 1.54) is 23.5 Å². The molecule has 0 unspecified atom stereocenters. The van der Waals surface area contributed by atoms with Gasteiger partial charge in [-0.25, -0.2) is 17.1 Å². The van der Waals surface area contributed by atoms with Gasteiger partial charge in [-0.3, -0.25) is 4.79 Å². The van der Waals surface area contributed by atoms with Crippen LogP contribution < -0.4 is 0 Å². The van der Waals surface area contributed by atoms with E-state index in [1.807, 2.05) is 0 Å². The number of rotatable bonds is 12. The first-order valence-corrected chi connectivity index (χ1v) is 9.74. The molecule has 0 spiro atoms. The molecule has 0 aliphatic rings. The average molecular weight is 390 g/mol. The van der Waals surface area contributed by atoms with Crippen LogP contribution in [0.1, 0.15) is 12.8 Å². The number of sulfonamides is 1. The molecule has 0 saturated carbocycles. The molecule has 0 radical (unpaired) electrons. The fourth-order valence-electron chi connectivity index (χ4n) is 2.28. The zero-order chi connectivity index (χ0) is 19.6. The van der Waals surface area contributed by atoms with Crippen molar-refractivity contribution in [3.63, 3.8) is 0 Å². The molecule has 0 saturated heterocycles.